The molecule has 0 nitrogen and oxygen atoms in total. The molecule has 2 heteroatoms. The molecule has 0 saturated heterocycles. The molecule has 0 unspecified atom stereocenters. The number of rotatable bonds is 5. The fourth-order valence-electron chi connectivity index (χ4n) is 4.04. The number of aryl methyl sites for hydroxylation is 1. The van der Waals surface area contributed by atoms with E-state index in [0.29, 0.717) is 0 Å². The number of benzene rings is 4. The predicted molar refractivity (Wildman–Crippen MR) is 140 cm³/mol. The van der Waals surface area contributed by atoms with Crippen molar-refractivity contribution in [1.82, 2.24) is 0 Å². The molecule has 30 heavy (non-hydrogen) atoms. The molecule has 154 valence electrons. The number of halogens is 1. The summed E-state index contributed by atoms with van der Waals surface area (Å²) < 4.78 is 0. The Labute approximate surface area is 189 Å². The van der Waals surface area contributed by atoms with Gasteiger partial charge in [0.05, 0.1) is 0 Å². The molecule has 0 bridgehead atoms. The van der Waals surface area contributed by atoms with Crippen molar-refractivity contribution in [1.29, 1.82) is 0 Å². The van der Waals surface area contributed by atoms with Gasteiger partial charge in [-0.15, -0.1) is 0 Å². The SMILES string of the molecule is CC.Cc1ccccc1CP(Br)(c1ccccc1)(c1ccccc1)c1ccccc1. The van der Waals surface area contributed by atoms with Crippen molar-refractivity contribution < 1.29 is 0 Å². The van der Waals surface area contributed by atoms with E-state index in [1.165, 1.54) is 27.0 Å². The van der Waals surface area contributed by atoms with Crippen LogP contribution >= 0.6 is 20.8 Å². The molecule has 4 aromatic carbocycles. The molecule has 0 aromatic heterocycles. The van der Waals surface area contributed by atoms with E-state index in [1.807, 2.05) is 13.8 Å². The second-order valence-corrected chi connectivity index (χ2v) is 16.2. The van der Waals surface area contributed by atoms with E-state index in [2.05, 4.69) is 138 Å². The fourth-order valence-corrected chi connectivity index (χ4v) is 11.8. The predicted octanol–water partition coefficient (Wildman–Crippen LogP) is 7.36. The zero-order chi connectivity index (χ0) is 21.5. The zero-order valence-electron chi connectivity index (χ0n) is 18.0. The van der Waals surface area contributed by atoms with Crippen LogP contribution in [0.3, 0.4) is 0 Å². The van der Waals surface area contributed by atoms with Crippen LogP contribution in [0.5, 0.6) is 0 Å². The van der Waals surface area contributed by atoms with E-state index < -0.39 is 5.31 Å². The Morgan fingerprint density at radius 1 is 0.533 bits per heavy atom. The first-order valence-electron chi connectivity index (χ1n) is 10.6. The van der Waals surface area contributed by atoms with Crippen LogP contribution in [0.2, 0.25) is 0 Å². The Hall–Kier alpha value is -2.21. The third-order valence-electron chi connectivity index (χ3n) is 5.61. The third kappa shape index (κ3) is 4.02. The minimum absolute atomic E-state index is 0.941. The average molecular weight is 477 g/mol. The molecule has 0 saturated carbocycles. The first kappa shape index (κ1) is 22.5. The second kappa shape index (κ2) is 9.73. The van der Waals surface area contributed by atoms with Crippen LogP contribution in [0.4, 0.5) is 0 Å². The summed E-state index contributed by atoms with van der Waals surface area (Å²) in [5.74, 6) is 0. The van der Waals surface area contributed by atoms with Gasteiger partial charge in [0.1, 0.15) is 0 Å². The number of hydrogen-bond acceptors (Lipinski definition) is 0. The Morgan fingerprint density at radius 3 is 1.23 bits per heavy atom. The van der Waals surface area contributed by atoms with Gasteiger partial charge >= 0.3 is 176 Å². The maximum absolute atomic E-state index is 4.52. The first-order chi connectivity index (χ1) is 14.6. The van der Waals surface area contributed by atoms with Gasteiger partial charge in [-0.3, -0.25) is 0 Å². The Bertz CT molecular complexity index is 960. The van der Waals surface area contributed by atoms with Crippen molar-refractivity contribution in [2.75, 3.05) is 0 Å². The quantitative estimate of drug-likeness (QED) is 0.264. The van der Waals surface area contributed by atoms with Gasteiger partial charge in [-0.2, -0.15) is 0 Å². The van der Waals surface area contributed by atoms with E-state index in [9.17, 15) is 0 Å². The van der Waals surface area contributed by atoms with Crippen LogP contribution in [0.1, 0.15) is 25.0 Å². The summed E-state index contributed by atoms with van der Waals surface area (Å²) in [5, 5.41) is 1.17. The van der Waals surface area contributed by atoms with Gasteiger partial charge in [0.25, 0.3) is 0 Å². The van der Waals surface area contributed by atoms with Gasteiger partial charge in [-0.05, 0) is 0 Å². The Kier molecular flexibility index (Phi) is 7.29. The van der Waals surface area contributed by atoms with Crippen molar-refractivity contribution in [2.24, 2.45) is 0 Å². The summed E-state index contributed by atoms with van der Waals surface area (Å²) in [6, 6.07) is 41.7. The molecule has 0 N–H and O–H groups in total. The van der Waals surface area contributed by atoms with Gasteiger partial charge in [0.2, 0.25) is 0 Å². The molecule has 0 aliphatic rings. The van der Waals surface area contributed by atoms with E-state index in [1.54, 1.807) is 0 Å². The third-order valence-corrected chi connectivity index (χ3v) is 15.1. The van der Waals surface area contributed by atoms with Crippen LogP contribution < -0.4 is 15.9 Å². The van der Waals surface area contributed by atoms with Crippen LogP contribution in [-0.4, -0.2) is 0 Å². The van der Waals surface area contributed by atoms with Gasteiger partial charge in [0.15, 0.2) is 0 Å². The van der Waals surface area contributed by atoms with Crippen molar-refractivity contribution >= 4 is 36.7 Å². The van der Waals surface area contributed by atoms with Gasteiger partial charge in [-0.1, -0.05) is 13.8 Å². The maximum atomic E-state index is 4.52. The monoisotopic (exact) mass is 476 g/mol. The van der Waals surface area contributed by atoms with Crippen LogP contribution in [-0.2, 0) is 6.16 Å². The summed E-state index contributed by atoms with van der Waals surface area (Å²) in [6.45, 7) is 6.21. The van der Waals surface area contributed by atoms with Crippen LogP contribution in [0.25, 0.3) is 0 Å². The molecule has 0 amide bonds. The van der Waals surface area contributed by atoms with Crippen molar-refractivity contribution in [3.8, 4) is 0 Å². The molecule has 0 spiro atoms. The first-order valence-corrected chi connectivity index (χ1v) is 15.0. The standard InChI is InChI=1S/C26H24BrP.C2H6/c1-22-13-11-12-14-23(22)21-28(27,24-15-5-2-6-16-24,25-17-7-3-8-18-25)26-19-9-4-10-20-26;1-2/h2-20H,21H2,1H3;1-2H3. The summed E-state index contributed by atoms with van der Waals surface area (Å²) in [4.78, 5) is 0. The molecular weight excluding hydrogens is 447 g/mol. The molecule has 0 aliphatic heterocycles. The summed E-state index contributed by atoms with van der Waals surface area (Å²) in [7, 11) is 0. The van der Waals surface area contributed by atoms with Crippen molar-refractivity contribution in [3.05, 3.63) is 126 Å². The van der Waals surface area contributed by atoms with Gasteiger partial charge < -0.3 is 0 Å². The van der Waals surface area contributed by atoms with Crippen molar-refractivity contribution in [3.63, 3.8) is 0 Å². The topological polar surface area (TPSA) is 0 Å². The van der Waals surface area contributed by atoms with Crippen molar-refractivity contribution in [2.45, 2.75) is 26.9 Å². The zero-order valence-corrected chi connectivity index (χ0v) is 20.5. The Balaban J connectivity index is 0.00000124. The van der Waals surface area contributed by atoms with E-state index in [-0.39, 0.29) is 0 Å². The Morgan fingerprint density at radius 2 is 0.867 bits per heavy atom. The molecule has 0 aliphatic carbocycles. The molecule has 0 heterocycles. The summed E-state index contributed by atoms with van der Waals surface area (Å²) in [6.07, 6.45) is 0.941. The van der Waals surface area contributed by atoms with Crippen LogP contribution in [0.15, 0.2) is 115 Å². The molecule has 0 atom stereocenters. The van der Waals surface area contributed by atoms with E-state index in [4.69, 9.17) is 0 Å². The summed E-state index contributed by atoms with van der Waals surface area (Å²) in [5.41, 5.74) is 2.72. The summed E-state index contributed by atoms with van der Waals surface area (Å²) >= 11 is 4.52. The molecule has 4 aromatic rings. The van der Waals surface area contributed by atoms with Crippen LogP contribution in [0, 0.1) is 6.92 Å². The fraction of sp³-hybridized carbons (Fsp3) is 0.143. The van der Waals surface area contributed by atoms with E-state index >= 15 is 0 Å². The van der Waals surface area contributed by atoms with Gasteiger partial charge in [0, 0.05) is 0 Å². The molecule has 0 radical (unpaired) electrons. The normalized spacial score (nSPS) is 12.2. The van der Waals surface area contributed by atoms with Gasteiger partial charge in [-0.25, -0.2) is 0 Å². The second-order valence-electron chi connectivity index (χ2n) is 7.27. The number of hydrogen-bond donors (Lipinski definition) is 0. The van der Waals surface area contributed by atoms with E-state index in [0.717, 1.165) is 6.16 Å². The molecule has 4 rings (SSSR count). The molecule has 0 fully saturated rings. The molecular formula is C28H30BrP. The average Bonchev–Trinajstić information content (AvgIpc) is 2.84. The minimum atomic E-state index is -2.90.